The third-order valence-electron chi connectivity index (χ3n) is 11.6. The number of hydrogen-bond acceptors (Lipinski definition) is 10. The molecule has 0 aromatic heterocycles. The molecule has 62 heavy (non-hydrogen) atoms. The van der Waals surface area contributed by atoms with Crippen LogP contribution in [-0.2, 0) is 34.1 Å². The molecule has 4 aromatic carbocycles. The molecule has 1 spiro atoms. The van der Waals surface area contributed by atoms with Crippen LogP contribution in [0.5, 0.6) is 5.75 Å². The average Bonchev–Trinajstić information content (AvgIpc) is 3.72. The van der Waals surface area contributed by atoms with Gasteiger partial charge >= 0.3 is 24.0 Å². The lowest BCUT2D eigenvalue weighted by Crippen LogP contribution is -2.57. The van der Waals surface area contributed by atoms with Crippen LogP contribution >= 0.6 is 0 Å². The first-order chi connectivity index (χ1) is 29.8. The van der Waals surface area contributed by atoms with Crippen molar-refractivity contribution in [1.29, 1.82) is 0 Å². The number of aromatic hydroxyl groups is 1. The van der Waals surface area contributed by atoms with E-state index in [9.17, 15) is 19.5 Å². The van der Waals surface area contributed by atoms with Crippen LogP contribution in [0.4, 0.5) is 15.3 Å². The standard InChI is InChI=1S/C47H46N6O9/c1-5-24-49-41(55)35-38-43(57)62-39(30-16-10-7-11-17-30)37(29-14-8-6-9-15-29)53(38)40(31-19-21-32(54)22-20-31)47(35)33-26-28(13-12-25-50-45(48)59)18-23-34(33)52(44(47)58)46(60)51-36(27(2)3)42(56)61-4/h5-11,14-23,26-27,35-40,54H,1,24-25H2,2-4H3,(H,49,55)(H,51,60)(H3,48,50,59). The van der Waals surface area contributed by atoms with E-state index in [1.807, 2.05) is 65.6 Å². The summed E-state index contributed by atoms with van der Waals surface area (Å²) in [6, 6.07) is 22.7. The molecule has 3 aliphatic heterocycles. The Labute approximate surface area is 358 Å². The molecule has 0 radical (unpaired) electrons. The molecule has 7 unspecified atom stereocenters. The van der Waals surface area contributed by atoms with Gasteiger partial charge in [-0.15, -0.1) is 6.58 Å². The van der Waals surface area contributed by atoms with Crippen molar-refractivity contribution in [1.82, 2.24) is 20.9 Å². The summed E-state index contributed by atoms with van der Waals surface area (Å²) in [6.45, 7) is 7.02. The minimum atomic E-state index is -2.11. The zero-order valence-electron chi connectivity index (χ0n) is 34.2. The zero-order chi connectivity index (χ0) is 44.3. The molecule has 3 heterocycles. The highest BCUT2D eigenvalue weighted by Crippen LogP contribution is 2.66. The third-order valence-corrected chi connectivity index (χ3v) is 11.6. The summed E-state index contributed by atoms with van der Waals surface area (Å²) in [6.07, 6.45) is 0.509. The first kappa shape index (κ1) is 42.7. The maximum atomic E-state index is 16.2. The number of nitrogens with one attached hydrogen (secondary N) is 3. The normalized spacial score (nSPS) is 23.0. The number of imide groups is 1. The summed E-state index contributed by atoms with van der Waals surface area (Å²) in [7, 11) is 1.19. The van der Waals surface area contributed by atoms with Gasteiger partial charge in [-0.3, -0.25) is 19.3 Å². The molecule has 7 atom stereocenters. The van der Waals surface area contributed by atoms with Crippen molar-refractivity contribution in [3.8, 4) is 17.6 Å². The maximum absolute atomic E-state index is 16.2. The Balaban J connectivity index is 1.57. The zero-order valence-corrected chi connectivity index (χ0v) is 34.2. The highest BCUT2D eigenvalue weighted by atomic mass is 16.6. The quantitative estimate of drug-likeness (QED) is 0.0870. The van der Waals surface area contributed by atoms with Crippen molar-refractivity contribution >= 4 is 41.5 Å². The number of esters is 2. The van der Waals surface area contributed by atoms with Gasteiger partial charge in [-0.1, -0.05) is 105 Å². The SMILES string of the molecule is C=CCNC(=O)C1C2C(=O)OC(c3ccccc3)C(c3ccccc3)N2C(c2ccc(O)cc2)C12C(=O)N(C(=O)NC(C(=O)OC)C(C)C)c1ccc(C#CCNC(N)=O)cc12. The van der Waals surface area contributed by atoms with Crippen LogP contribution in [0.25, 0.3) is 0 Å². The number of amides is 6. The second-order valence-corrected chi connectivity index (χ2v) is 15.5. The van der Waals surface area contributed by atoms with E-state index < -0.39 is 83.3 Å². The predicted molar refractivity (Wildman–Crippen MR) is 227 cm³/mol. The van der Waals surface area contributed by atoms with Crippen molar-refractivity contribution in [2.24, 2.45) is 17.6 Å². The molecule has 2 saturated heterocycles. The molecule has 0 aliphatic carbocycles. The number of hydrogen-bond donors (Lipinski definition) is 5. The number of fused-ring (bicyclic) bond motifs is 3. The number of benzene rings is 4. The highest BCUT2D eigenvalue weighted by molar-refractivity contribution is 6.25. The number of morpholine rings is 1. The number of carbonyl (C=O) groups excluding carboxylic acids is 6. The number of carbonyl (C=O) groups is 6. The molecule has 0 saturated carbocycles. The van der Waals surface area contributed by atoms with Crippen LogP contribution in [0, 0.1) is 23.7 Å². The van der Waals surface area contributed by atoms with Crippen molar-refractivity contribution in [2.75, 3.05) is 25.1 Å². The molecule has 6 amide bonds. The van der Waals surface area contributed by atoms with Gasteiger partial charge in [0.15, 0.2) is 0 Å². The number of rotatable bonds is 10. The fourth-order valence-corrected chi connectivity index (χ4v) is 9.02. The predicted octanol–water partition coefficient (Wildman–Crippen LogP) is 4.29. The molecule has 2 fully saturated rings. The summed E-state index contributed by atoms with van der Waals surface area (Å²) < 4.78 is 11.4. The first-order valence-corrected chi connectivity index (χ1v) is 20.0. The van der Waals surface area contributed by atoms with Gasteiger partial charge in [-0.2, -0.15) is 0 Å². The van der Waals surface area contributed by atoms with Gasteiger partial charge in [-0.25, -0.2) is 19.3 Å². The van der Waals surface area contributed by atoms with Crippen LogP contribution in [0.2, 0.25) is 0 Å². The molecule has 7 rings (SSSR count). The summed E-state index contributed by atoms with van der Waals surface area (Å²) in [4.78, 5) is 88.3. The number of ether oxygens (including phenoxy) is 2. The van der Waals surface area contributed by atoms with E-state index in [4.69, 9.17) is 15.2 Å². The fourth-order valence-electron chi connectivity index (χ4n) is 9.02. The number of phenols is 1. The topological polar surface area (TPSA) is 210 Å². The Morgan fingerprint density at radius 2 is 1.58 bits per heavy atom. The second-order valence-electron chi connectivity index (χ2n) is 15.5. The van der Waals surface area contributed by atoms with E-state index in [-0.39, 0.29) is 30.1 Å². The molecular weight excluding hydrogens is 793 g/mol. The summed E-state index contributed by atoms with van der Waals surface area (Å²) in [5, 5.41) is 18.5. The van der Waals surface area contributed by atoms with Gasteiger partial charge in [-0.05, 0) is 58.5 Å². The van der Waals surface area contributed by atoms with Crippen LogP contribution in [0.15, 0.2) is 116 Å². The van der Waals surface area contributed by atoms with Gasteiger partial charge < -0.3 is 36.3 Å². The minimum absolute atomic E-state index is 0.0371. The summed E-state index contributed by atoms with van der Waals surface area (Å²) in [5.74, 6) is 0.560. The van der Waals surface area contributed by atoms with E-state index in [0.717, 1.165) is 4.90 Å². The fraction of sp³-hybridized carbons (Fsp3) is 0.277. The van der Waals surface area contributed by atoms with Crippen LogP contribution < -0.4 is 26.6 Å². The molecule has 318 valence electrons. The lowest BCUT2D eigenvalue weighted by atomic mass is 9.65. The third kappa shape index (κ3) is 7.49. The lowest BCUT2D eigenvalue weighted by Gasteiger charge is -2.46. The summed E-state index contributed by atoms with van der Waals surface area (Å²) in [5.41, 5.74) is 5.49. The van der Waals surface area contributed by atoms with E-state index in [2.05, 4.69) is 34.4 Å². The largest absolute Gasteiger partial charge is 0.508 e. The summed E-state index contributed by atoms with van der Waals surface area (Å²) >= 11 is 0. The number of nitrogens with zero attached hydrogens (tertiary/aromatic N) is 2. The van der Waals surface area contributed by atoms with Crippen molar-refractivity contribution in [3.05, 3.63) is 144 Å². The Hall–Kier alpha value is -7.44. The maximum Gasteiger partial charge on any atom is 0.329 e. The molecule has 15 nitrogen and oxygen atoms in total. The number of primary amides is 1. The van der Waals surface area contributed by atoms with Crippen LogP contribution in [0.1, 0.15) is 59.9 Å². The van der Waals surface area contributed by atoms with Gasteiger partial charge in [0.05, 0.1) is 37.3 Å². The van der Waals surface area contributed by atoms with Crippen molar-refractivity contribution in [2.45, 2.75) is 49.5 Å². The van der Waals surface area contributed by atoms with E-state index >= 15 is 14.4 Å². The van der Waals surface area contributed by atoms with Crippen molar-refractivity contribution < 1.29 is 43.3 Å². The van der Waals surface area contributed by atoms with Gasteiger partial charge in [0.1, 0.15) is 29.4 Å². The smallest absolute Gasteiger partial charge is 0.329 e. The number of cyclic esters (lactones) is 1. The second kappa shape index (κ2) is 17.6. The average molecular weight is 839 g/mol. The molecule has 15 heteroatoms. The monoisotopic (exact) mass is 838 g/mol. The van der Waals surface area contributed by atoms with Crippen molar-refractivity contribution in [3.63, 3.8) is 0 Å². The highest BCUT2D eigenvalue weighted by Gasteiger charge is 2.75. The van der Waals surface area contributed by atoms with E-state index in [1.54, 1.807) is 38.1 Å². The van der Waals surface area contributed by atoms with Gasteiger partial charge in [0.2, 0.25) is 11.8 Å². The molecule has 0 bridgehead atoms. The van der Waals surface area contributed by atoms with E-state index in [1.165, 1.54) is 31.4 Å². The van der Waals surface area contributed by atoms with Crippen LogP contribution in [-0.4, -0.2) is 78.1 Å². The number of urea groups is 2. The number of nitrogens with two attached hydrogens (primary N) is 1. The van der Waals surface area contributed by atoms with Gasteiger partial charge in [0, 0.05) is 12.1 Å². The number of anilines is 1. The molecular formula is C47H46N6O9. The Bertz CT molecular complexity index is 2470. The molecule has 4 aromatic rings. The Kier molecular flexibility index (Phi) is 12.1. The Morgan fingerprint density at radius 3 is 2.19 bits per heavy atom. The molecule has 6 N–H and O–H groups in total. The van der Waals surface area contributed by atoms with E-state index in [0.29, 0.717) is 22.3 Å². The molecule has 3 aliphatic rings. The van der Waals surface area contributed by atoms with Crippen LogP contribution in [0.3, 0.4) is 0 Å². The van der Waals surface area contributed by atoms with Gasteiger partial charge in [0.25, 0.3) is 0 Å². The minimum Gasteiger partial charge on any atom is -0.508 e. The lowest BCUT2D eigenvalue weighted by molar-refractivity contribution is -0.178. The Morgan fingerprint density at radius 1 is 0.919 bits per heavy atom. The number of phenolic OH excluding ortho intramolecular Hbond substituents is 1. The first-order valence-electron chi connectivity index (χ1n) is 20.0. The number of methoxy groups -OCH3 is 1.